The van der Waals surface area contributed by atoms with Crippen LogP contribution in [0.1, 0.15) is 33.6 Å². The predicted molar refractivity (Wildman–Crippen MR) is 70.8 cm³/mol. The molecule has 0 aliphatic carbocycles. The molecule has 1 rings (SSSR count). The van der Waals surface area contributed by atoms with E-state index in [0.29, 0.717) is 18.2 Å². The van der Waals surface area contributed by atoms with Crippen molar-refractivity contribution >= 4 is 23.4 Å². The van der Waals surface area contributed by atoms with Crippen LogP contribution < -0.4 is 11.1 Å². The molecule has 0 bridgehead atoms. The average molecular weight is 259 g/mol. The number of hydrogen-bond acceptors (Lipinski definition) is 3. The summed E-state index contributed by atoms with van der Waals surface area (Å²) >= 11 is 4.79. The summed E-state index contributed by atoms with van der Waals surface area (Å²) in [5.41, 5.74) is 4.98. The molecule has 1 heterocycles. The van der Waals surface area contributed by atoms with Crippen molar-refractivity contribution < 1.29 is 9.53 Å². The Bertz CT molecular complexity index is 294. The van der Waals surface area contributed by atoms with Crippen molar-refractivity contribution in [2.75, 3.05) is 13.1 Å². The Hall–Kier alpha value is -1.04. The molecule has 1 aliphatic heterocycles. The number of amides is 1. The second kappa shape index (κ2) is 5.53. The van der Waals surface area contributed by atoms with E-state index in [1.807, 2.05) is 20.8 Å². The molecule has 3 N–H and O–H groups in total. The molecule has 1 fully saturated rings. The Balaban J connectivity index is 2.36. The van der Waals surface area contributed by atoms with E-state index in [0.717, 1.165) is 12.8 Å². The van der Waals surface area contributed by atoms with Gasteiger partial charge in [0.1, 0.15) is 5.60 Å². The first-order valence-corrected chi connectivity index (χ1v) is 6.22. The zero-order chi connectivity index (χ0) is 13.1. The molecule has 0 spiro atoms. The van der Waals surface area contributed by atoms with Crippen LogP contribution in [0.3, 0.4) is 0 Å². The lowest BCUT2D eigenvalue weighted by Gasteiger charge is -2.33. The molecule has 0 saturated carbocycles. The van der Waals surface area contributed by atoms with Crippen LogP contribution in [-0.2, 0) is 4.74 Å². The van der Waals surface area contributed by atoms with Crippen molar-refractivity contribution in [2.24, 2.45) is 5.73 Å². The normalized spacial score (nSPS) is 17.7. The van der Waals surface area contributed by atoms with Crippen molar-refractivity contribution in [3.63, 3.8) is 0 Å². The molecule has 1 aliphatic rings. The first kappa shape index (κ1) is 14.0. The van der Waals surface area contributed by atoms with Gasteiger partial charge >= 0.3 is 6.09 Å². The largest absolute Gasteiger partial charge is 0.444 e. The van der Waals surface area contributed by atoms with Crippen LogP contribution in [0.25, 0.3) is 0 Å². The van der Waals surface area contributed by atoms with E-state index in [-0.39, 0.29) is 12.1 Å². The Morgan fingerprint density at radius 1 is 1.41 bits per heavy atom. The molecule has 1 amide bonds. The highest BCUT2D eigenvalue weighted by Crippen LogP contribution is 2.15. The predicted octanol–water partition coefficient (Wildman–Crippen LogP) is 1.22. The lowest BCUT2D eigenvalue weighted by Crippen LogP contribution is -2.48. The minimum Gasteiger partial charge on any atom is -0.444 e. The highest BCUT2D eigenvalue weighted by Gasteiger charge is 2.26. The number of nitrogens with zero attached hydrogens (tertiary/aromatic N) is 1. The summed E-state index contributed by atoms with van der Waals surface area (Å²) in [6, 6.07) is 0.270. The zero-order valence-electron chi connectivity index (χ0n) is 10.7. The van der Waals surface area contributed by atoms with Crippen LogP contribution in [0.15, 0.2) is 0 Å². The Morgan fingerprint density at radius 2 is 1.94 bits per heavy atom. The number of nitrogens with two attached hydrogens (primary N) is 1. The summed E-state index contributed by atoms with van der Waals surface area (Å²) in [4.78, 5) is 13.5. The van der Waals surface area contributed by atoms with Crippen molar-refractivity contribution in [2.45, 2.75) is 45.3 Å². The minimum atomic E-state index is -0.439. The van der Waals surface area contributed by atoms with E-state index in [4.69, 9.17) is 22.7 Å². The van der Waals surface area contributed by atoms with Gasteiger partial charge in [-0.2, -0.15) is 0 Å². The van der Waals surface area contributed by atoms with Gasteiger partial charge in [0.05, 0.1) is 0 Å². The summed E-state index contributed by atoms with van der Waals surface area (Å²) in [5, 5.41) is 3.34. The minimum absolute atomic E-state index is 0.244. The smallest absolute Gasteiger partial charge is 0.410 e. The van der Waals surface area contributed by atoms with Crippen molar-refractivity contribution in [3.8, 4) is 0 Å². The number of ether oxygens (including phenoxy) is 1. The molecule has 0 unspecified atom stereocenters. The van der Waals surface area contributed by atoms with Crippen LogP contribution in [-0.4, -0.2) is 40.8 Å². The van der Waals surface area contributed by atoms with Crippen LogP contribution in [0.5, 0.6) is 0 Å². The molecule has 6 heteroatoms. The molecule has 0 aromatic carbocycles. The molecule has 98 valence electrons. The van der Waals surface area contributed by atoms with Crippen LogP contribution in [0.4, 0.5) is 4.79 Å². The molecular formula is C11H21N3O2S. The maximum atomic E-state index is 11.8. The Kier molecular flexibility index (Phi) is 4.56. The highest BCUT2D eigenvalue weighted by molar-refractivity contribution is 7.80. The Morgan fingerprint density at radius 3 is 2.35 bits per heavy atom. The third kappa shape index (κ3) is 5.21. The highest BCUT2D eigenvalue weighted by atomic mass is 32.1. The fourth-order valence-corrected chi connectivity index (χ4v) is 1.90. The third-order valence-corrected chi connectivity index (χ3v) is 2.61. The topological polar surface area (TPSA) is 67.6 Å². The van der Waals surface area contributed by atoms with Gasteiger partial charge in [-0.15, -0.1) is 0 Å². The van der Waals surface area contributed by atoms with Gasteiger partial charge in [0.2, 0.25) is 0 Å². The molecule has 0 aromatic rings. The number of likely N-dealkylation sites (tertiary alicyclic amines) is 1. The number of hydrogen-bond donors (Lipinski definition) is 2. The van der Waals surface area contributed by atoms with E-state index < -0.39 is 5.60 Å². The average Bonchev–Trinajstić information content (AvgIpc) is 2.15. The van der Waals surface area contributed by atoms with Gasteiger partial charge in [0.15, 0.2) is 5.11 Å². The molecule has 17 heavy (non-hydrogen) atoms. The van der Waals surface area contributed by atoms with Crippen LogP contribution in [0.2, 0.25) is 0 Å². The molecule has 1 saturated heterocycles. The number of thiocarbonyl (C=S) groups is 1. The molecule has 0 radical (unpaired) electrons. The standard InChI is InChI=1S/C11H21N3O2S/c1-11(2,3)16-10(15)14-6-4-8(5-7-14)13-9(12)17/h8H,4-7H2,1-3H3,(H3,12,13,17). The SMILES string of the molecule is CC(C)(C)OC(=O)N1CCC(NC(N)=S)CC1. The van der Waals surface area contributed by atoms with Gasteiger partial charge in [-0.25, -0.2) is 4.79 Å². The molecular weight excluding hydrogens is 238 g/mol. The summed E-state index contributed by atoms with van der Waals surface area (Å²) in [7, 11) is 0. The molecule has 0 aromatic heterocycles. The lowest BCUT2D eigenvalue weighted by atomic mass is 10.1. The van der Waals surface area contributed by atoms with Gasteiger partial charge in [0.25, 0.3) is 0 Å². The molecule has 0 atom stereocenters. The fraction of sp³-hybridized carbons (Fsp3) is 0.818. The van der Waals surface area contributed by atoms with E-state index in [9.17, 15) is 4.79 Å². The van der Waals surface area contributed by atoms with E-state index in [1.165, 1.54) is 0 Å². The first-order chi connectivity index (χ1) is 7.78. The van der Waals surface area contributed by atoms with E-state index >= 15 is 0 Å². The lowest BCUT2D eigenvalue weighted by molar-refractivity contribution is 0.0203. The number of piperidine rings is 1. The second-order valence-electron chi connectivity index (χ2n) is 5.25. The van der Waals surface area contributed by atoms with Gasteiger partial charge in [-0.1, -0.05) is 0 Å². The van der Waals surface area contributed by atoms with Gasteiger partial charge in [-0.3, -0.25) is 0 Å². The van der Waals surface area contributed by atoms with Gasteiger partial charge in [0, 0.05) is 19.1 Å². The third-order valence-electron chi connectivity index (χ3n) is 2.49. The van der Waals surface area contributed by atoms with E-state index in [1.54, 1.807) is 4.90 Å². The summed E-state index contributed by atoms with van der Waals surface area (Å²) in [6.45, 7) is 6.95. The molecule has 5 nitrogen and oxygen atoms in total. The summed E-state index contributed by atoms with van der Waals surface area (Å²) in [6.07, 6.45) is 1.44. The summed E-state index contributed by atoms with van der Waals surface area (Å²) in [5.74, 6) is 0. The summed E-state index contributed by atoms with van der Waals surface area (Å²) < 4.78 is 5.31. The van der Waals surface area contributed by atoms with Crippen LogP contribution in [0, 0.1) is 0 Å². The number of carbonyl (C=O) groups excluding carboxylic acids is 1. The van der Waals surface area contributed by atoms with Gasteiger partial charge in [-0.05, 0) is 45.8 Å². The Labute approximate surface area is 108 Å². The monoisotopic (exact) mass is 259 g/mol. The maximum absolute atomic E-state index is 11.8. The quantitative estimate of drug-likeness (QED) is 0.693. The van der Waals surface area contributed by atoms with E-state index in [2.05, 4.69) is 5.32 Å². The zero-order valence-corrected chi connectivity index (χ0v) is 11.5. The van der Waals surface area contributed by atoms with Crippen molar-refractivity contribution in [1.29, 1.82) is 0 Å². The first-order valence-electron chi connectivity index (χ1n) is 5.82. The maximum Gasteiger partial charge on any atom is 0.410 e. The second-order valence-corrected chi connectivity index (χ2v) is 5.69. The van der Waals surface area contributed by atoms with Crippen LogP contribution >= 0.6 is 12.2 Å². The number of nitrogens with one attached hydrogen (secondary N) is 1. The van der Waals surface area contributed by atoms with Crippen molar-refractivity contribution in [1.82, 2.24) is 10.2 Å². The van der Waals surface area contributed by atoms with Crippen molar-refractivity contribution in [3.05, 3.63) is 0 Å². The fourth-order valence-electron chi connectivity index (χ4n) is 1.73. The number of carbonyl (C=O) groups is 1. The number of rotatable bonds is 1. The van der Waals surface area contributed by atoms with Gasteiger partial charge < -0.3 is 20.7 Å².